The van der Waals surface area contributed by atoms with Crippen LogP contribution in [0.2, 0.25) is 0 Å². The molecule has 0 saturated carbocycles. The maximum atomic E-state index is 5.47. The van der Waals surface area contributed by atoms with Crippen LogP contribution in [0, 0.1) is 5.92 Å². The molecule has 1 unspecified atom stereocenters. The number of hydrogen-bond donors (Lipinski definition) is 1. The number of guanidine groups is 1. The van der Waals surface area contributed by atoms with E-state index in [1.165, 1.54) is 5.56 Å². The summed E-state index contributed by atoms with van der Waals surface area (Å²) >= 11 is 0. The van der Waals surface area contributed by atoms with Crippen LogP contribution in [-0.2, 0) is 10.2 Å². The highest BCUT2D eigenvalue weighted by molar-refractivity contribution is 14.0. The summed E-state index contributed by atoms with van der Waals surface area (Å²) in [5, 5.41) is 3.51. The number of nitrogens with zero attached hydrogens (tertiary/aromatic N) is 2. The Kier molecular flexibility index (Phi) is 8.99. The predicted molar refractivity (Wildman–Crippen MR) is 114 cm³/mol. The van der Waals surface area contributed by atoms with Gasteiger partial charge in [0.05, 0.1) is 13.7 Å². The zero-order chi connectivity index (χ0) is 17.6. The van der Waals surface area contributed by atoms with Crippen molar-refractivity contribution in [1.82, 2.24) is 10.2 Å². The molecule has 6 heteroatoms. The molecule has 1 fully saturated rings. The number of methoxy groups -OCH3 is 1. The first-order valence-electron chi connectivity index (χ1n) is 8.60. The van der Waals surface area contributed by atoms with Crippen molar-refractivity contribution in [3.05, 3.63) is 29.8 Å². The van der Waals surface area contributed by atoms with Crippen LogP contribution in [-0.4, -0.2) is 58.4 Å². The minimum absolute atomic E-state index is 0. The normalized spacial score (nSPS) is 17.8. The fourth-order valence-electron chi connectivity index (χ4n) is 3.03. The summed E-state index contributed by atoms with van der Waals surface area (Å²) in [6.07, 6.45) is 1.14. The second-order valence-electron chi connectivity index (χ2n) is 7.12. The van der Waals surface area contributed by atoms with Crippen molar-refractivity contribution in [2.45, 2.75) is 25.7 Å². The zero-order valence-corrected chi connectivity index (χ0v) is 18.4. The first kappa shape index (κ1) is 22.0. The second kappa shape index (κ2) is 10.2. The number of halogens is 1. The molecule has 0 radical (unpaired) electrons. The molecule has 0 bridgehead atoms. The Morgan fingerprint density at radius 1 is 1.36 bits per heavy atom. The smallest absolute Gasteiger partial charge is 0.193 e. The Labute approximate surface area is 169 Å². The van der Waals surface area contributed by atoms with Crippen LogP contribution in [0.3, 0.4) is 0 Å². The molecule has 1 aliphatic heterocycles. The molecule has 1 atom stereocenters. The molecule has 1 heterocycles. The molecule has 25 heavy (non-hydrogen) atoms. The van der Waals surface area contributed by atoms with E-state index < -0.39 is 0 Å². The SMILES string of the molecule is CN=C(NCC(C)(C)c1ccc(OC)cc1)N(C)CC1CCOC1.I. The van der Waals surface area contributed by atoms with Gasteiger partial charge in [-0.25, -0.2) is 0 Å². The molecule has 2 rings (SSSR count). The van der Waals surface area contributed by atoms with E-state index in [0.717, 1.165) is 44.4 Å². The summed E-state index contributed by atoms with van der Waals surface area (Å²) in [6.45, 7) is 8.01. The fraction of sp³-hybridized carbons (Fsp3) is 0.632. The molecule has 0 spiro atoms. The van der Waals surface area contributed by atoms with Crippen molar-refractivity contribution in [3.8, 4) is 5.75 Å². The number of benzene rings is 1. The maximum Gasteiger partial charge on any atom is 0.193 e. The lowest BCUT2D eigenvalue weighted by molar-refractivity contribution is 0.181. The monoisotopic (exact) mass is 461 g/mol. The molecule has 0 aliphatic carbocycles. The van der Waals surface area contributed by atoms with E-state index in [4.69, 9.17) is 9.47 Å². The average molecular weight is 461 g/mol. The first-order chi connectivity index (χ1) is 11.5. The zero-order valence-electron chi connectivity index (χ0n) is 16.0. The summed E-state index contributed by atoms with van der Waals surface area (Å²) in [5.41, 5.74) is 1.28. The van der Waals surface area contributed by atoms with Gasteiger partial charge in [-0.3, -0.25) is 4.99 Å². The summed E-state index contributed by atoms with van der Waals surface area (Å²) in [4.78, 5) is 6.62. The Bertz CT molecular complexity index is 540. The third-order valence-electron chi connectivity index (χ3n) is 4.69. The van der Waals surface area contributed by atoms with Crippen LogP contribution < -0.4 is 10.1 Å². The van der Waals surface area contributed by atoms with Crippen LogP contribution in [0.15, 0.2) is 29.3 Å². The Balaban J connectivity index is 0.00000312. The first-order valence-corrected chi connectivity index (χ1v) is 8.60. The molecule has 1 aliphatic rings. The van der Waals surface area contributed by atoms with Crippen LogP contribution >= 0.6 is 24.0 Å². The van der Waals surface area contributed by atoms with Crippen LogP contribution in [0.5, 0.6) is 5.75 Å². The molecular formula is C19H32IN3O2. The number of hydrogen-bond acceptors (Lipinski definition) is 3. The number of nitrogens with one attached hydrogen (secondary N) is 1. The molecule has 1 N–H and O–H groups in total. The highest BCUT2D eigenvalue weighted by atomic mass is 127. The van der Waals surface area contributed by atoms with Gasteiger partial charge in [-0.2, -0.15) is 0 Å². The van der Waals surface area contributed by atoms with E-state index in [0.29, 0.717) is 5.92 Å². The van der Waals surface area contributed by atoms with Gasteiger partial charge in [0.25, 0.3) is 0 Å². The van der Waals surface area contributed by atoms with Gasteiger partial charge in [-0.05, 0) is 24.1 Å². The van der Waals surface area contributed by atoms with Gasteiger partial charge in [0.2, 0.25) is 0 Å². The van der Waals surface area contributed by atoms with E-state index >= 15 is 0 Å². The van der Waals surface area contributed by atoms with Crippen molar-refractivity contribution in [3.63, 3.8) is 0 Å². The van der Waals surface area contributed by atoms with E-state index in [1.807, 2.05) is 19.2 Å². The molecule has 5 nitrogen and oxygen atoms in total. The average Bonchev–Trinajstić information content (AvgIpc) is 3.08. The summed E-state index contributed by atoms with van der Waals surface area (Å²) in [6, 6.07) is 8.28. The molecular weight excluding hydrogens is 429 g/mol. The minimum Gasteiger partial charge on any atom is -0.497 e. The standard InChI is InChI=1S/C19H31N3O2.HI/c1-19(2,16-6-8-17(23-5)9-7-16)14-21-18(20-3)22(4)12-15-10-11-24-13-15;/h6-9,15H,10-14H2,1-5H3,(H,20,21);1H. The highest BCUT2D eigenvalue weighted by Crippen LogP contribution is 2.24. The van der Waals surface area contributed by atoms with Gasteiger partial charge >= 0.3 is 0 Å². The van der Waals surface area contributed by atoms with Gasteiger partial charge in [0.1, 0.15) is 5.75 Å². The lowest BCUT2D eigenvalue weighted by Gasteiger charge is -2.30. The molecule has 0 amide bonds. The third kappa shape index (κ3) is 6.33. The second-order valence-corrected chi connectivity index (χ2v) is 7.12. The summed E-state index contributed by atoms with van der Waals surface area (Å²) in [5.74, 6) is 2.42. The third-order valence-corrected chi connectivity index (χ3v) is 4.69. The fourth-order valence-corrected chi connectivity index (χ4v) is 3.03. The number of ether oxygens (including phenoxy) is 2. The van der Waals surface area contributed by atoms with Crippen molar-refractivity contribution in [1.29, 1.82) is 0 Å². The Morgan fingerprint density at radius 2 is 2.04 bits per heavy atom. The van der Waals surface area contributed by atoms with Gasteiger partial charge in [-0.1, -0.05) is 26.0 Å². The van der Waals surface area contributed by atoms with E-state index in [1.54, 1.807) is 7.11 Å². The molecule has 142 valence electrons. The largest absolute Gasteiger partial charge is 0.497 e. The topological polar surface area (TPSA) is 46.1 Å². The van der Waals surface area contributed by atoms with Crippen LogP contribution in [0.4, 0.5) is 0 Å². The molecule has 1 aromatic carbocycles. The van der Waals surface area contributed by atoms with E-state index in [9.17, 15) is 0 Å². The van der Waals surface area contributed by atoms with E-state index in [-0.39, 0.29) is 29.4 Å². The highest BCUT2D eigenvalue weighted by Gasteiger charge is 2.23. The predicted octanol–water partition coefficient (Wildman–Crippen LogP) is 3.13. The quantitative estimate of drug-likeness (QED) is 0.402. The Hall–Kier alpha value is -1.02. The van der Waals surface area contributed by atoms with Gasteiger partial charge in [-0.15, -0.1) is 24.0 Å². The van der Waals surface area contributed by atoms with Crippen molar-refractivity contribution < 1.29 is 9.47 Å². The lowest BCUT2D eigenvalue weighted by Crippen LogP contribution is -2.45. The van der Waals surface area contributed by atoms with Crippen LogP contribution in [0.25, 0.3) is 0 Å². The summed E-state index contributed by atoms with van der Waals surface area (Å²) < 4.78 is 10.7. The number of aliphatic imine (C=N–C) groups is 1. The molecule has 1 saturated heterocycles. The van der Waals surface area contributed by atoms with Gasteiger partial charge in [0, 0.05) is 45.1 Å². The summed E-state index contributed by atoms with van der Waals surface area (Å²) in [7, 11) is 5.62. The minimum atomic E-state index is -0.000475. The molecule has 0 aromatic heterocycles. The number of rotatable bonds is 6. The van der Waals surface area contributed by atoms with Crippen molar-refractivity contribution >= 4 is 29.9 Å². The van der Waals surface area contributed by atoms with Crippen molar-refractivity contribution in [2.24, 2.45) is 10.9 Å². The maximum absolute atomic E-state index is 5.47. The van der Waals surface area contributed by atoms with Gasteiger partial charge in [0.15, 0.2) is 5.96 Å². The van der Waals surface area contributed by atoms with Gasteiger partial charge < -0.3 is 19.7 Å². The van der Waals surface area contributed by atoms with E-state index in [2.05, 4.69) is 48.2 Å². The van der Waals surface area contributed by atoms with Crippen LogP contribution in [0.1, 0.15) is 25.8 Å². The molecule has 1 aromatic rings. The Morgan fingerprint density at radius 3 is 2.56 bits per heavy atom. The van der Waals surface area contributed by atoms with Crippen molar-refractivity contribution in [2.75, 3.05) is 47.5 Å². The lowest BCUT2D eigenvalue weighted by atomic mass is 9.84.